The molecule has 0 spiro atoms. The fraction of sp³-hybridized carbons (Fsp3) is 0.562. The number of halogens is 1. The van der Waals surface area contributed by atoms with Crippen LogP contribution in [0.1, 0.15) is 56.6 Å². The van der Waals surface area contributed by atoms with Crippen molar-refractivity contribution >= 4 is 17.2 Å². The van der Waals surface area contributed by atoms with Crippen molar-refractivity contribution in [3.8, 4) is 0 Å². The van der Waals surface area contributed by atoms with Crippen LogP contribution in [0.3, 0.4) is 0 Å². The van der Waals surface area contributed by atoms with E-state index in [0.717, 1.165) is 12.0 Å². The first-order chi connectivity index (χ1) is 9.63. The van der Waals surface area contributed by atoms with Crippen LogP contribution in [0.5, 0.6) is 0 Å². The number of hydrogen-bond acceptors (Lipinski definition) is 2. The number of unbranched alkanes of at least 4 members (excludes halogenated alkanes) is 5. The minimum Gasteiger partial charge on any atom is -0.389 e. The molecule has 1 aromatic carbocycles. The number of nitrogens with two attached hydrogens (primary N) is 1. The maximum Gasteiger partial charge on any atom is 0.124 e. The Morgan fingerprint density at radius 1 is 1.15 bits per heavy atom. The summed E-state index contributed by atoms with van der Waals surface area (Å²) >= 11 is 4.86. The minimum atomic E-state index is -0.325. The maximum absolute atomic E-state index is 13.4. The van der Waals surface area contributed by atoms with Gasteiger partial charge in [0.05, 0.1) is 6.61 Å². The molecule has 2 N–H and O–H groups in total. The van der Waals surface area contributed by atoms with Gasteiger partial charge in [0.25, 0.3) is 0 Å². The summed E-state index contributed by atoms with van der Waals surface area (Å²) in [5.74, 6) is -0.325. The summed E-state index contributed by atoms with van der Waals surface area (Å²) in [6.45, 7) is 3.33. The lowest BCUT2D eigenvalue weighted by Gasteiger charge is -2.07. The average Bonchev–Trinajstić information content (AvgIpc) is 2.41. The zero-order valence-electron chi connectivity index (χ0n) is 12.2. The van der Waals surface area contributed by atoms with Crippen LogP contribution in [-0.2, 0) is 11.3 Å². The van der Waals surface area contributed by atoms with E-state index >= 15 is 0 Å². The zero-order valence-corrected chi connectivity index (χ0v) is 13.0. The highest BCUT2D eigenvalue weighted by Crippen LogP contribution is 2.11. The largest absolute Gasteiger partial charge is 0.389 e. The molecular weight excluding hydrogens is 273 g/mol. The molecule has 1 aromatic rings. The van der Waals surface area contributed by atoms with Crippen LogP contribution in [0.15, 0.2) is 18.2 Å². The summed E-state index contributed by atoms with van der Waals surface area (Å²) in [5.41, 5.74) is 6.84. The predicted molar refractivity (Wildman–Crippen MR) is 85.3 cm³/mol. The van der Waals surface area contributed by atoms with E-state index in [4.69, 9.17) is 22.7 Å². The number of thiocarbonyl (C=S) groups is 1. The second kappa shape index (κ2) is 9.83. The highest BCUT2D eigenvalue weighted by molar-refractivity contribution is 7.80. The van der Waals surface area contributed by atoms with Crippen molar-refractivity contribution in [2.45, 2.75) is 52.1 Å². The molecule has 0 bridgehead atoms. The Kier molecular flexibility index (Phi) is 8.38. The summed E-state index contributed by atoms with van der Waals surface area (Å²) < 4.78 is 18.9. The Hall–Kier alpha value is -1.00. The van der Waals surface area contributed by atoms with Crippen molar-refractivity contribution in [1.82, 2.24) is 0 Å². The minimum absolute atomic E-state index is 0.210. The van der Waals surface area contributed by atoms with Crippen LogP contribution in [0.4, 0.5) is 4.39 Å². The van der Waals surface area contributed by atoms with Gasteiger partial charge in [-0.1, -0.05) is 51.2 Å². The summed E-state index contributed by atoms with van der Waals surface area (Å²) in [7, 11) is 0. The average molecular weight is 297 g/mol. The quantitative estimate of drug-likeness (QED) is 0.515. The van der Waals surface area contributed by atoms with Crippen molar-refractivity contribution in [3.05, 3.63) is 35.1 Å². The van der Waals surface area contributed by atoms with Crippen LogP contribution >= 0.6 is 12.2 Å². The highest BCUT2D eigenvalue weighted by atomic mass is 32.1. The maximum atomic E-state index is 13.4. The van der Waals surface area contributed by atoms with Crippen LogP contribution in [0.25, 0.3) is 0 Å². The molecule has 4 heteroatoms. The third-order valence-electron chi connectivity index (χ3n) is 3.15. The summed E-state index contributed by atoms with van der Waals surface area (Å²) in [6.07, 6.45) is 7.40. The first-order valence-corrected chi connectivity index (χ1v) is 7.71. The lowest BCUT2D eigenvalue weighted by Crippen LogP contribution is -2.10. The standard InChI is InChI=1S/C16H24FNOS/c1-2-3-4-5-6-7-8-19-12-13-9-14(16(18)20)11-15(17)10-13/h9-11H,2-8,12H2,1H3,(H2,18,20). The van der Waals surface area contributed by atoms with Crippen molar-refractivity contribution in [3.63, 3.8) is 0 Å². The van der Waals surface area contributed by atoms with Gasteiger partial charge in [0.15, 0.2) is 0 Å². The topological polar surface area (TPSA) is 35.2 Å². The van der Waals surface area contributed by atoms with Gasteiger partial charge in [-0.15, -0.1) is 0 Å². The molecule has 0 fully saturated rings. The normalized spacial score (nSPS) is 10.7. The van der Waals surface area contributed by atoms with Gasteiger partial charge in [0, 0.05) is 12.2 Å². The number of benzene rings is 1. The summed E-state index contributed by atoms with van der Waals surface area (Å²) in [4.78, 5) is 0.210. The van der Waals surface area contributed by atoms with Gasteiger partial charge >= 0.3 is 0 Å². The monoisotopic (exact) mass is 297 g/mol. The Labute approximate surface area is 126 Å². The van der Waals surface area contributed by atoms with Gasteiger partial charge in [-0.2, -0.15) is 0 Å². The molecular formula is C16H24FNOS. The third-order valence-corrected chi connectivity index (χ3v) is 3.39. The second-order valence-corrected chi connectivity index (χ2v) is 5.47. The molecule has 0 aromatic heterocycles. The lowest BCUT2D eigenvalue weighted by molar-refractivity contribution is 0.116. The SMILES string of the molecule is CCCCCCCCOCc1cc(F)cc(C(N)=S)c1. The van der Waals surface area contributed by atoms with Crippen LogP contribution in [0, 0.1) is 5.82 Å². The Morgan fingerprint density at radius 3 is 2.55 bits per heavy atom. The third kappa shape index (κ3) is 6.96. The molecule has 0 aliphatic rings. The first kappa shape index (κ1) is 17.1. The van der Waals surface area contributed by atoms with Crippen LogP contribution in [-0.4, -0.2) is 11.6 Å². The van der Waals surface area contributed by atoms with E-state index in [-0.39, 0.29) is 10.8 Å². The molecule has 0 unspecified atom stereocenters. The number of hydrogen-bond donors (Lipinski definition) is 1. The van der Waals surface area contributed by atoms with E-state index in [0.29, 0.717) is 18.8 Å². The molecule has 0 amide bonds. The predicted octanol–water partition coefficient (Wildman–Crippen LogP) is 4.34. The van der Waals surface area contributed by atoms with Gasteiger partial charge in [0.2, 0.25) is 0 Å². The molecule has 20 heavy (non-hydrogen) atoms. The Bertz CT molecular complexity index is 423. The van der Waals surface area contributed by atoms with E-state index in [1.54, 1.807) is 6.07 Å². The van der Waals surface area contributed by atoms with Gasteiger partial charge in [-0.05, 0) is 30.2 Å². The van der Waals surface area contributed by atoms with Crippen LogP contribution in [0.2, 0.25) is 0 Å². The van der Waals surface area contributed by atoms with Crippen LogP contribution < -0.4 is 5.73 Å². The second-order valence-electron chi connectivity index (χ2n) is 5.03. The van der Waals surface area contributed by atoms with Crippen molar-refractivity contribution in [1.29, 1.82) is 0 Å². The molecule has 0 aliphatic carbocycles. The fourth-order valence-corrected chi connectivity index (χ4v) is 2.17. The molecule has 0 atom stereocenters. The van der Waals surface area contributed by atoms with Gasteiger partial charge < -0.3 is 10.5 Å². The van der Waals surface area contributed by atoms with Crippen molar-refractivity contribution in [2.75, 3.05) is 6.61 Å². The van der Waals surface area contributed by atoms with Crippen molar-refractivity contribution < 1.29 is 9.13 Å². The smallest absolute Gasteiger partial charge is 0.124 e. The Balaban J connectivity index is 2.23. The number of rotatable bonds is 10. The molecule has 1 rings (SSSR count). The van der Waals surface area contributed by atoms with Gasteiger partial charge in [-0.25, -0.2) is 4.39 Å². The summed E-state index contributed by atoms with van der Waals surface area (Å²) in [6, 6.07) is 4.59. The zero-order chi connectivity index (χ0) is 14.8. The lowest BCUT2D eigenvalue weighted by atomic mass is 10.1. The van der Waals surface area contributed by atoms with Gasteiger partial charge in [-0.3, -0.25) is 0 Å². The first-order valence-electron chi connectivity index (χ1n) is 7.30. The van der Waals surface area contributed by atoms with E-state index in [2.05, 4.69) is 6.92 Å². The van der Waals surface area contributed by atoms with Gasteiger partial charge in [0.1, 0.15) is 10.8 Å². The molecule has 0 saturated carbocycles. The van der Waals surface area contributed by atoms with E-state index < -0.39 is 0 Å². The molecule has 0 saturated heterocycles. The molecule has 0 radical (unpaired) electrons. The molecule has 0 aliphatic heterocycles. The van der Waals surface area contributed by atoms with E-state index in [1.165, 1.54) is 44.2 Å². The molecule has 0 heterocycles. The number of ether oxygens (including phenoxy) is 1. The fourth-order valence-electron chi connectivity index (χ4n) is 2.05. The summed E-state index contributed by atoms with van der Waals surface area (Å²) in [5, 5.41) is 0. The van der Waals surface area contributed by atoms with E-state index in [9.17, 15) is 4.39 Å². The van der Waals surface area contributed by atoms with Crippen molar-refractivity contribution in [2.24, 2.45) is 5.73 Å². The molecule has 2 nitrogen and oxygen atoms in total. The Morgan fingerprint density at radius 2 is 1.85 bits per heavy atom. The highest BCUT2D eigenvalue weighted by Gasteiger charge is 2.03. The molecule has 112 valence electrons. The van der Waals surface area contributed by atoms with E-state index in [1.807, 2.05) is 0 Å².